The summed E-state index contributed by atoms with van der Waals surface area (Å²) in [4.78, 5) is 41.7. The van der Waals surface area contributed by atoms with Crippen LogP contribution in [0, 0.1) is 0 Å². The highest BCUT2D eigenvalue weighted by Gasteiger charge is 2.21. The molecule has 0 unspecified atom stereocenters. The number of piperazine rings is 1. The number of hydrogen-bond acceptors (Lipinski definition) is 5. The Labute approximate surface area is 154 Å². The molecule has 0 aliphatic carbocycles. The fraction of sp³-hybridized carbons (Fsp3) is 0.526. The van der Waals surface area contributed by atoms with Crippen molar-refractivity contribution in [2.24, 2.45) is 0 Å². The number of amides is 2. The third kappa shape index (κ3) is 5.05. The molecule has 1 aliphatic heterocycles. The lowest BCUT2D eigenvalue weighted by Gasteiger charge is -2.34. The second-order valence-corrected chi connectivity index (χ2v) is 6.27. The highest BCUT2D eigenvalue weighted by Crippen LogP contribution is 2.17. The number of nitrogens with zero attached hydrogens (tertiary/aromatic N) is 3. The molecule has 1 aromatic carbocycles. The van der Waals surface area contributed by atoms with E-state index in [0.717, 1.165) is 32.7 Å². The van der Waals surface area contributed by atoms with Crippen LogP contribution in [-0.4, -0.2) is 74.0 Å². The molecule has 1 heterocycles. The Kier molecular flexibility index (Phi) is 7.15. The fourth-order valence-corrected chi connectivity index (χ4v) is 3.04. The molecule has 2 rings (SSSR count). The van der Waals surface area contributed by atoms with Gasteiger partial charge in [0.05, 0.1) is 12.7 Å². The van der Waals surface area contributed by atoms with E-state index in [2.05, 4.69) is 16.6 Å². The molecule has 0 spiro atoms. The van der Waals surface area contributed by atoms with Crippen LogP contribution >= 0.6 is 0 Å². The summed E-state index contributed by atoms with van der Waals surface area (Å²) in [7, 11) is 1.32. The molecule has 1 saturated heterocycles. The van der Waals surface area contributed by atoms with Crippen LogP contribution in [0.5, 0.6) is 0 Å². The van der Waals surface area contributed by atoms with E-state index in [4.69, 9.17) is 0 Å². The van der Waals surface area contributed by atoms with E-state index in [-0.39, 0.29) is 18.2 Å². The minimum atomic E-state index is -0.424. The van der Waals surface area contributed by atoms with Crippen LogP contribution in [0.25, 0.3) is 0 Å². The lowest BCUT2D eigenvalue weighted by molar-refractivity contribution is -0.132. The van der Waals surface area contributed by atoms with Crippen LogP contribution in [0.15, 0.2) is 24.3 Å². The largest absolute Gasteiger partial charge is 0.465 e. The third-order valence-corrected chi connectivity index (χ3v) is 4.70. The summed E-state index contributed by atoms with van der Waals surface area (Å²) >= 11 is 0. The number of rotatable bonds is 6. The summed E-state index contributed by atoms with van der Waals surface area (Å²) in [5.74, 6) is -0.495. The average molecular weight is 361 g/mol. The Morgan fingerprint density at radius 2 is 1.69 bits per heavy atom. The smallest absolute Gasteiger partial charge is 0.337 e. The van der Waals surface area contributed by atoms with Crippen molar-refractivity contribution in [3.8, 4) is 0 Å². The maximum Gasteiger partial charge on any atom is 0.337 e. The zero-order valence-electron chi connectivity index (χ0n) is 15.7. The van der Waals surface area contributed by atoms with Crippen molar-refractivity contribution in [2.75, 3.05) is 51.3 Å². The molecule has 1 aromatic rings. The van der Waals surface area contributed by atoms with Crippen molar-refractivity contribution in [1.29, 1.82) is 0 Å². The van der Waals surface area contributed by atoms with Crippen LogP contribution in [-0.2, 0) is 14.3 Å². The molecule has 0 N–H and O–H groups in total. The number of hydrogen-bond donors (Lipinski definition) is 0. The Hall–Kier alpha value is -2.41. The van der Waals surface area contributed by atoms with Gasteiger partial charge in [0.1, 0.15) is 0 Å². The molecule has 0 radical (unpaired) electrons. The predicted octanol–water partition coefficient (Wildman–Crippen LogP) is 1.38. The minimum absolute atomic E-state index is 0.0678. The molecule has 7 nitrogen and oxygen atoms in total. The summed E-state index contributed by atoms with van der Waals surface area (Å²) in [6.07, 6.45) is 0.282. The zero-order chi connectivity index (χ0) is 19.1. The van der Waals surface area contributed by atoms with Gasteiger partial charge in [-0.1, -0.05) is 6.92 Å². The molecule has 1 fully saturated rings. The fourth-order valence-electron chi connectivity index (χ4n) is 3.04. The van der Waals surface area contributed by atoms with Crippen LogP contribution in [0.1, 0.15) is 30.6 Å². The van der Waals surface area contributed by atoms with Crippen molar-refractivity contribution >= 4 is 23.5 Å². The molecule has 0 bridgehead atoms. The van der Waals surface area contributed by atoms with Crippen molar-refractivity contribution in [2.45, 2.75) is 20.3 Å². The van der Waals surface area contributed by atoms with Gasteiger partial charge >= 0.3 is 5.97 Å². The summed E-state index contributed by atoms with van der Waals surface area (Å²) in [6.45, 7) is 8.18. The summed E-state index contributed by atoms with van der Waals surface area (Å²) in [5.41, 5.74) is 1.08. The number of methoxy groups -OCH3 is 1. The van der Waals surface area contributed by atoms with Crippen molar-refractivity contribution in [1.82, 2.24) is 9.80 Å². The molecular formula is C19H27N3O4. The lowest BCUT2D eigenvalue weighted by atomic mass is 10.2. The number of anilines is 1. The van der Waals surface area contributed by atoms with Crippen LogP contribution in [0.4, 0.5) is 5.69 Å². The molecule has 7 heteroatoms. The Morgan fingerprint density at radius 1 is 1.08 bits per heavy atom. The SMILES string of the molecule is CCN1CCN(C(=O)CCN(C(C)=O)c2ccc(C(=O)OC)cc2)CC1. The Balaban J connectivity index is 1.95. The Bertz CT molecular complexity index is 637. The molecule has 26 heavy (non-hydrogen) atoms. The number of carbonyl (C=O) groups is 3. The van der Waals surface area contributed by atoms with Gasteiger partial charge in [-0.3, -0.25) is 9.59 Å². The first-order valence-electron chi connectivity index (χ1n) is 8.92. The third-order valence-electron chi connectivity index (χ3n) is 4.70. The number of likely N-dealkylation sites (N-methyl/N-ethyl adjacent to an activating group) is 1. The van der Waals surface area contributed by atoms with Crippen LogP contribution in [0.2, 0.25) is 0 Å². The van der Waals surface area contributed by atoms with E-state index in [1.54, 1.807) is 29.2 Å². The number of benzene rings is 1. The molecule has 0 saturated carbocycles. The van der Waals surface area contributed by atoms with E-state index in [1.165, 1.54) is 14.0 Å². The summed E-state index contributed by atoms with van der Waals surface area (Å²) in [5, 5.41) is 0. The van der Waals surface area contributed by atoms with Gasteiger partial charge in [0.2, 0.25) is 11.8 Å². The topological polar surface area (TPSA) is 70.2 Å². The summed E-state index contributed by atoms with van der Waals surface area (Å²) in [6, 6.07) is 6.61. The van der Waals surface area contributed by atoms with Gasteiger partial charge in [-0.25, -0.2) is 4.79 Å². The predicted molar refractivity (Wildman–Crippen MR) is 99.1 cm³/mol. The summed E-state index contributed by atoms with van der Waals surface area (Å²) < 4.78 is 4.67. The van der Waals surface area contributed by atoms with Crippen LogP contribution < -0.4 is 4.90 Å². The molecule has 142 valence electrons. The lowest BCUT2D eigenvalue weighted by Crippen LogP contribution is -2.49. The normalized spacial score (nSPS) is 14.8. The van der Waals surface area contributed by atoms with E-state index in [1.807, 2.05) is 4.90 Å². The van der Waals surface area contributed by atoms with Gasteiger partial charge in [-0.05, 0) is 30.8 Å². The van der Waals surface area contributed by atoms with Gasteiger partial charge in [-0.15, -0.1) is 0 Å². The quantitative estimate of drug-likeness (QED) is 0.716. The van der Waals surface area contributed by atoms with Crippen LogP contribution in [0.3, 0.4) is 0 Å². The highest BCUT2D eigenvalue weighted by molar-refractivity contribution is 5.94. The molecule has 2 amide bonds. The maximum atomic E-state index is 12.4. The molecule has 0 aromatic heterocycles. The Morgan fingerprint density at radius 3 is 2.19 bits per heavy atom. The van der Waals surface area contributed by atoms with Gasteiger partial charge < -0.3 is 19.4 Å². The highest BCUT2D eigenvalue weighted by atomic mass is 16.5. The number of ether oxygens (including phenoxy) is 1. The van der Waals surface area contributed by atoms with E-state index in [0.29, 0.717) is 17.8 Å². The van der Waals surface area contributed by atoms with Gasteiger partial charge in [-0.2, -0.15) is 0 Å². The molecular weight excluding hydrogens is 334 g/mol. The monoisotopic (exact) mass is 361 g/mol. The van der Waals surface area contributed by atoms with E-state index >= 15 is 0 Å². The first-order valence-corrected chi connectivity index (χ1v) is 8.92. The maximum absolute atomic E-state index is 12.4. The van der Waals surface area contributed by atoms with Gasteiger partial charge in [0, 0.05) is 51.8 Å². The number of esters is 1. The first-order chi connectivity index (χ1) is 12.5. The van der Waals surface area contributed by atoms with Gasteiger partial charge in [0.15, 0.2) is 0 Å². The van der Waals surface area contributed by atoms with Gasteiger partial charge in [0.25, 0.3) is 0 Å². The first kappa shape index (κ1) is 19.9. The van der Waals surface area contributed by atoms with E-state index in [9.17, 15) is 14.4 Å². The van der Waals surface area contributed by atoms with Crippen molar-refractivity contribution < 1.29 is 19.1 Å². The standard InChI is InChI=1S/C19H27N3O4/c1-4-20-11-13-21(14-12-20)18(24)9-10-22(15(2)23)17-7-5-16(6-8-17)19(25)26-3/h5-8H,4,9-14H2,1-3H3. The molecule has 0 atom stereocenters. The number of carbonyl (C=O) groups excluding carboxylic acids is 3. The average Bonchev–Trinajstić information content (AvgIpc) is 2.67. The zero-order valence-corrected chi connectivity index (χ0v) is 15.7. The minimum Gasteiger partial charge on any atom is -0.465 e. The second-order valence-electron chi connectivity index (χ2n) is 6.27. The van der Waals surface area contributed by atoms with Crippen molar-refractivity contribution in [3.63, 3.8) is 0 Å². The molecule has 1 aliphatic rings. The second kappa shape index (κ2) is 9.33. The van der Waals surface area contributed by atoms with Crippen molar-refractivity contribution in [3.05, 3.63) is 29.8 Å². The van der Waals surface area contributed by atoms with E-state index < -0.39 is 5.97 Å².